The summed E-state index contributed by atoms with van der Waals surface area (Å²) in [5.74, 6) is -0.210. The molecule has 2 rings (SSSR count). The molecule has 21 heavy (non-hydrogen) atoms. The summed E-state index contributed by atoms with van der Waals surface area (Å²) in [5, 5.41) is 12.8. The van der Waals surface area contributed by atoms with Crippen LogP contribution in [0, 0.1) is 0 Å². The molecule has 1 aliphatic carbocycles. The van der Waals surface area contributed by atoms with E-state index in [0.29, 0.717) is 23.4 Å². The number of carboxylic acids is 1. The van der Waals surface area contributed by atoms with Gasteiger partial charge in [-0.2, -0.15) is 0 Å². The third-order valence-corrected chi connectivity index (χ3v) is 4.14. The van der Waals surface area contributed by atoms with Gasteiger partial charge in [-0.15, -0.1) is 0 Å². The molecule has 6 nitrogen and oxygen atoms in total. The van der Waals surface area contributed by atoms with Crippen molar-refractivity contribution in [3.05, 3.63) is 22.1 Å². The minimum atomic E-state index is -0.816. The number of nitrogens with zero attached hydrogens (tertiary/aromatic N) is 1. The Morgan fingerprint density at radius 1 is 1.62 bits per heavy atom. The molecule has 1 atom stereocenters. The molecule has 1 aromatic rings. The van der Waals surface area contributed by atoms with Crippen LogP contribution >= 0.6 is 11.8 Å². The number of thioether (sulfide) groups is 1. The number of carbonyl (C=O) groups is 1. The number of hydrogen-bond acceptors (Lipinski definition) is 5. The zero-order chi connectivity index (χ0) is 15.2. The molecule has 0 bridgehead atoms. The number of aromatic amines is 1. The quantitative estimate of drug-likeness (QED) is 0.471. The predicted octanol–water partition coefficient (Wildman–Crippen LogP) is 1.41. The zero-order valence-electron chi connectivity index (χ0n) is 12.1. The highest BCUT2D eigenvalue weighted by atomic mass is 32.2. The largest absolute Gasteiger partial charge is 0.480 e. The van der Waals surface area contributed by atoms with E-state index in [1.54, 1.807) is 0 Å². The van der Waals surface area contributed by atoms with Crippen LogP contribution in [0.25, 0.3) is 0 Å². The SMILES string of the molecule is CCCc1cc(=O)[nH]c(SCCC(NC2CC2)C(=O)O)n1. The van der Waals surface area contributed by atoms with Crippen LogP contribution in [0.5, 0.6) is 0 Å². The van der Waals surface area contributed by atoms with E-state index in [1.165, 1.54) is 17.8 Å². The third kappa shape index (κ3) is 5.51. The lowest BCUT2D eigenvalue weighted by Crippen LogP contribution is -2.38. The second-order valence-electron chi connectivity index (χ2n) is 5.26. The number of H-pyrrole nitrogens is 1. The zero-order valence-corrected chi connectivity index (χ0v) is 12.9. The van der Waals surface area contributed by atoms with Crippen molar-refractivity contribution in [3.63, 3.8) is 0 Å². The van der Waals surface area contributed by atoms with E-state index in [4.69, 9.17) is 5.11 Å². The monoisotopic (exact) mass is 311 g/mol. The molecule has 0 aliphatic heterocycles. The minimum absolute atomic E-state index is 0.151. The van der Waals surface area contributed by atoms with Gasteiger partial charge in [0.15, 0.2) is 5.16 Å². The summed E-state index contributed by atoms with van der Waals surface area (Å²) in [4.78, 5) is 29.8. The molecule has 0 radical (unpaired) electrons. The van der Waals surface area contributed by atoms with Crippen LogP contribution < -0.4 is 10.9 Å². The highest BCUT2D eigenvalue weighted by Crippen LogP contribution is 2.21. The van der Waals surface area contributed by atoms with Gasteiger partial charge in [-0.3, -0.25) is 9.59 Å². The lowest BCUT2D eigenvalue weighted by Gasteiger charge is -2.13. The lowest BCUT2D eigenvalue weighted by molar-refractivity contribution is -0.139. The Morgan fingerprint density at radius 2 is 2.38 bits per heavy atom. The summed E-state index contributed by atoms with van der Waals surface area (Å²) in [6.45, 7) is 2.04. The Hall–Kier alpha value is -1.34. The standard InChI is InChI=1S/C14H21N3O3S/c1-2-3-10-8-12(18)17-14(16-10)21-7-6-11(13(19)20)15-9-4-5-9/h8-9,11,15H,2-7H2,1H3,(H,19,20)(H,16,17,18). The van der Waals surface area contributed by atoms with Gasteiger partial charge in [0.1, 0.15) is 6.04 Å². The number of nitrogens with one attached hydrogen (secondary N) is 2. The van der Waals surface area contributed by atoms with Crippen LogP contribution in [0.1, 0.15) is 38.3 Å². The predicted molar refractivity (Wildman–Crippen MR) is 81.8 cm³/mol. The fourth-order valence-corrected chi connectivity index (χ4v) is 2.92. The highest BCUT2D eigenvalue weighted by Gasteiger charge is 2.27. The van der Waals surface area contributed by atoms with Gasteiger partial charge < -0.3 is 15.4 Å². The molecule has 0 amide bonds. The van der Waals surface area contributed by atoms with Crippen molar-refractivity contribution in [1.82, 2.24) is 15.3 Å². The Morgan fingerprint density at radius 3 is 3.00 bits per heavy atom. The van der Waals surface area contributed by atoms with Crippen molar-refractivity contribution in [2.75, 3.05) is 5.75 Å². The molecular weight excluding hydrogens is 290 g/mol. The summed E-state index contributed by atoms with van der Waals surface area (Å²) >= 11 is 1.40. The van der Waals surface area contributed by atoms with Gasteiger partial charge in [0.2, 0.25) is 0 Å². The molecular formula is C14H21N3O3S. The van der Waals surface area contributed by atoms with Crippen LogP contribution in [0.15, 0.2) is 16.0 Å². The van der Waals surface area contributed by atoms with E-state index in [9.17, 15) is 9.59 Å². The van der Waals surface area contributed by atoms with E-state index >= 15 is 0 Å². The summed E-state index contributed by atoms with van der Waals surface area (Å²) in [7, 11) is 0. The Labute approximate surface area is 127 Å². The van der Waals surface area contributed by atoms with Gasteiger partial charge in [0.05, 0.1) is 0 Å². The van der Waals surface area contributed by atoms with Gasteiger partial charge in [0, 0.05) is 23.6 Å². The molecule has 7 heteroatoms. The van der Waals surface area contributed by atoms with E-state index < -0.39 is 12.0 Å². The lowest BCUT2D eigenvalue weighted by atomic mass is 10.2. The first-order valence-electron chi connectivity index (χ1n) is 7.30. The minimum Gasteiger partial charge on any atom is -0.480 e. The van der Waals surface area contributed by atoms with Crippen LogP contribution in [0.3, 0.4) is 0 Å². The molecule has 0 saturated heterocycles. The second kappa shape index (κ2) is 7.61. The second-order valence-corrected chi connectivity index (χ2v) is 6.34. The van der Waals surface area contributed by atoms with E-state index in [2.05, 4.69) is 15.3 Å². The summed E-state index contributed by atoms with van der Waals surface area (Å²) in [5.41, 5.74) is 0.636. The average molecular weight is 311 g/mol. The van der Waals surface area contributed by atoms with Crippen LogP contribution in [0.2, 0.25) is 0 Å². The first-order chi connectivity index (χ1) is 10.1. The maximum Gasteiger partial charge on any atom is 0.320 e. The molecule has 1 aliphatic rings. The topological polar surface area (TPSA) is 95.1 Å². The van der Waals surface area contributed by atoms with Crippen LogP contribution in [-0.4, -0.2) is 38.9 Å². The fourth-order valence-electron chi connectivity index (χ4n) is 2.02. The van der Waals surface area contributed by atoms with Crippen LogP contribution in [0.4, 0.5) is 0 Å². The summed E-state index contributed by atoms with van der Waals surface area (Å²) in [6, 6.07) is 1.36. The number of aromatic nitrogens is 2. The number of rotatable bonds is 9. The Balaban J connectivity index is 1.86. The van der Waals surface area contributed by atoms with Gasteiger partial charge >= 0.3 is 5.97 Å². The normalized spacial score (nSPS) is 15.9. The molecule has 1 aromatic heterocycles. The maximum absolute atomic E-state index is 11.5. The summed E-state index contributed by atoms with van der Waals surface area (Å²) < 4.78 is 0. The van der Waals surface area contributed by atoms with Gasteiger partial charge in [-0.1, -0.05) is 25.1 Å². The van der Waals surface area contributed by atoms with E-state index in [-0.39, 0.29) is 5.56 Å². The molecule has 0 aromatic carbocycles. The molecule has 116 valence electrons. The Kier molecular flexibility index (Phi) is 5.81. The maximum atomic E-state index is 11.5. The molecule has 0 spiro atoms. The summed E-state index contributed by atoms with van der Waals surface area (Å²) in [6.07, 6.45) is 4.35. The van der Waals surface area contributed by atoms with Crippen molar-refractivity contribution < 1.29 is 9.90 Å². The van der Waals surface area contributed by atoms with Gasteiger partial charge in [-0.25, -0.2) is 4.98 Å². The van der Waals surface area contributed by atoms with Crippen molar-refractivity contribution in [2.45, 2.75) is 56.3 Å². The van der Waals surface area contributed by atoms with Gasteiger partial charge in [-0.05, 0) is 25.7 Å². The van der Waals surface area contributed by atoms with Crippen molar-refractivity contribution >= 4 is 17.7 Å². The Bertz CT molecular complexity index is 543. The average Bonchev–Trinajstić information content (AvgIpc) is 3.21. The molecule has 1 fully saturated rings. The van der Waals surface area contributed by atoms with Crippen molar-refractivity contribution in [3.8, 4) is 0 Å². The number of aliphatic carboxylic acids is 1. The van der Waals surface area contributed by atoms with E-state index in [1.807, 2.05) is 6.92 Å². The van der Waals surface area contributed by atoms with Gasteiger partial charge in [0.25, 0.3) is 5.56 Å². The van der Waals surface area contributed by atoms with Crippen molar-refractivity contribution in [2.24, 2.45) is 0 Å². The first kappa shape index (κ1) is 16.0. The number of aryl methyl sites for hydroxylation is 1. The fraction of sp³-hybridized carbons (Fsp3) is 0.643. The van der Waals surface area contributed by atoms with Crippen molar-refractivity contribution in [1.29, 1.82) is 0 Å². The number of carboxylic acid groups (broad SMARTS) is 1. The van der Waals surface area contributed by atoms with E-state index in [0.717, 1.165) is 31.4 Å². The number of hydrogen-bond donors (Lipinski definition) is 3. The molecule has 1 unspecified atom stereocenters. The molecule has 1 saturated carbocycles. The highest BCUT2D eigenvalue weighted by molar-refractivity contribution is 7.99. The first-order valence-corrected chi connectivity index (χ1v) is 8.29. The molecule has 3 N–H and O–H groups in total. The van der Waals surface area contributed by atoms with Crippen LogP contribution in [-0.2, 0) is 11.2 Å². The third-order valence-electron chi connectivity index (χ3n) is 3.24. The molecule has 1 heterocycles. The smallest absolute Gasteiger partial charge is 0.320 e.